The maximum atomic E-state index is 13.0. The normalized spacial score (nSPS) is 16.0. The first-order chi connectivity index (χ1) is 15.1. The van der Waals surface area contributed by atoms with Crippen LogP contribution in [0, 0.1) is 5.82 Å². The van der Waals surface area contributed by atoms with Gasteiger partial charge in [-0.2, -0.15) is 0 Å². The minimum Gasteiger partial charge on any atom is -0.484 e. The van der Waals surface area contributed by atoms with Gasteiger partial charge >= 0.3 is 0 Å². The Hall–Kier alpha value is -3.74. The van der Waals surface area contributed by atoms with E-state index in [2.05, 4.69) is 10.3 Å². The van der Waals surface area contributed by atoms with Crippen molar-refractivity contribution < 1.29 is 18.7 Å². The molecule has 0 aliphatic carbocycles. The van der Waals surface area contributed by atoms with Crippen molar-refractivity contribution in [3.8, 4) is 16.9 Å². The number of aromatic nitrogens is 1. The van der Waals surface area contributed by atoms with Gasteiger partial charge in [-0.25, -0.2) is 4.39 Å². The highest BCUT2D eigenvalue weighted by Gasteiger charge is 2.33. The predicted octanol–water partition coefficient (Wildman–Crippen LogP) is 2.84. The van der Waals surface area contributed by atoms with E-state index < -0.39 is 6.04 Å². The Morgan fingerprint density at radius 1 is 1.13 bits per heavy atom. The molecule has 31 heavy (non-hydrogen) atoms. The summed E-state index contributed by atoms with van der Waals surface area (Å²) in [6, 6.07) is 16.6. The van der Waals surface area contributed by atoms with Crippen LogP contribution in [-0.2, 0) is 16.0 Å². The molecule has 1 fully saturated rings. The second-order valence-corrected chi connectivity index (χ2v) is 7.28. The van der Waals surface area contributed by atoms with Gasteiger partial charge in [0.25, 0.3) is 5.91 Å². The first kappa shape index (κ1) is 20.5. The summed E-state index contributed by atoms with van der Waals surface area (Å²) in [4.78, 5) is 31.1. The maximum Gasteiger partial charge on any atom is 0.261 e. The lowest BCUT2D eigenvalue weighted by atomic mass is 9.98. The fraction of sp³-hybridized carbons (Fsp3) is 0.208. The highest BCUT2D eigenvalue weighted by atomic mass is 19.1. The lowest BCUT2D eigenvalue weighted by Gasteiger charge is -2.35. The summed E-state index contributed by atoms with van der Waals surface area (Å²) in [7, 11) is 0. The van der Waals surface area contributed by atoms with E-state index in [1.165, 1.54) is 24.3 Å². The van der Waals surface area contributed by atoms with Gasteiger partial charge < -0.3 is 15.0 Å². The Bertz CT molecular complexity index is 1060. The number of amides is 2. The molecule has 2 aromatic carbocycles. The molecule has 0 spiro atoms. The van der Waals surface area contributed by atoms with Gasteiger partial charge in [-0.3, -0.25) is 14.6 Å². The molecule has 2 heterocycles. The molecule has 0 bridgehead atoms. The quantitative estimate of drug-likeness (QED) is 0.667. The van der Waals surface area contributed by atoms with Gasteiger partial charge in [-0.1, -0.05) is 30.3 Å². The second kappa shape index (κ2) is 9.38. The van der Waals surface area contributed by atoms with E-state index >= 15 is 0 Å². The van der Waals surface area contributed by atoms with Crippen molar-refractivity contribution in [2.24, 2.45) is 0 Å². The summed E-state index contributed by atoms with van der Waals surface area (Å²) in [5, 5.41) is 2.84. The van der Waals surface area contributed by atoms with Gasteiger partial charge in [-0.05, 0) is 47.0 Å². The van der Waals surface area contributed by atoms with Crippen LogP contribution in [-0.4, -0.2) is 47.4 Å². The van der Waals surface area contributed by atoms with E-state index in [0.717, 1.165) is 16.7 Å². The van der Waals surface area contributed by atoms with Crippen LogP contribution >= 0.6 is 0 Å². The third-order valence-electron chi connectivity index (χ3n) is 5.18. The first-order valence-electron chi connectivity index (χ1n) is 10.0. The summed E-state index contributed by atoms with van der Waals surface area (Å²) in [5.41, 5.74) is 2.93. The van der Waals surface area contributed by atoms with Crippen LogP contribution in [0.25, 0.3) is 11.1 Å². The summed E-state index contributed by atoms with van der Waals surface area (Å²) in [6.07, 6.45) is 3.90. The number of nitrogens with one attached hydrogen (secondary N) is 1. The van der Waals surface area contributed by atoms with E-state index in [1.54, 1.807) is 17.3 Å². The van der Waals surface area contributed by atoms with Crippen LogP contribution in [0.5, 0.6) is 5.75 Å². The number of carbonyl (C=O) groups excluding carboxylic acids is 2. The molecular formula is C24H22FN3O3. The zero-order chi connectivity index (χ0) is 21.6. The van der Waals surface area contributed by atoms with Crippen LogP contribution in [0.4, 0.5) is 4.39 Å². The molecule has 1 aliphatic heterocycles. The Kier molecular flexibility index (Phi) is 6.21. The molecule has 3 aromatic rings. The van der Waals surface area contributed by atoms with E-state index in [0.29, 0.717) is 25.3 Å². The van der Waals surface area contributed by atoms with Crippen molar-refractivity contribution in [2.75, 3.05) is 19.7 Å². The van der Waals surface area contributed by atoms with Crippen LogP contribution in [0.2, 0.25) is 0 Å². The molecule has 1 saturated heterocycles. The number of hydrogen-bond donors (Lipinski definition) is 1. The van der Waals surface area contributed by atoms with E-state index in [-0.39, 0.29) is 24.2 Å². The zero-order valence-corrected chi connectivity index (χ0v) is 16.8. The molecule has 4 rings (SSSR count). The number of ether oxygens (including phenoxy) is 1. The molecule has 1 atom stereocenters. The summed E-state index contributed by atoms with van der Waals surface area (Å²) < 4.78 is 18.5. The molecule has 158 valence electrons. The number of rotatable bonds is 6. The SMILES string of the molecule is O=C1NCCN(C(=O)COc2ccc(F)cc2)[C@@H]1Cc1cccc(-c2cccnc2)c1. The predicted molar refractivity (Wildman–Crippen MR) is 114 cm³/mol. The molecule has 7 heteroatoms. The topological polar surface area (TPSA) is 71.5 Å². The molecule has 1 aromatic heterocycles. The Balaban J connectivity index is 1.47. The fourth-order valence-electron chi connectivity index (χ4n) is 3.61. The summed E-state index contributed by atoms with van der Waals surface area (Å²) >= 11 is 0. The molecule has 6 nitrogen and oxygen atoms in total. The van der Waals surface area contributed by atoms with Crippen LogP contribution in [0.1, 0.15) is 5.56 Å². The molecule has 0 saturated carbocycles. The van der Waals surface area contributed by atoms with Crippen LogP contribution in [0.15, 0.2) is 73.1 Å². The number of hydrogen-bond acceptors (Lipinski definition) is 4. The van der Waals surface area contributed by atoms with E-state index in [1.807, 2.05) is 36.4 Å². The van der Waals surface area contributed by atoms with E-state index in [9.17, 15) is 14.0 Å². The molecule has 0 unspecified atom stereocenters. The van der Waals surface area contributed by atoms with Gasteiger partial charge in [0.05, 0.1) is 0 Å². The zero-order valence-electron chi connectivity index (χ0n) is 16.8. The van der Waals surface area contributed by atoms with Crippen molar-refractivity contribution in [1.82, 2.24) is 15.2 Å². The van der Waals surface area contributed by atoms with Gasteiger partial charge in [0.15, 0.2) is 6.61 Å². The minimum absolute atomic E-state index is 0.187. The number of nitrogens with zero attached hydrogens (tertiary/aromatic N) is 2. The molecular weight excluding hydrogens is 397 g/mol. The fourth-order valence-corrected chi connectivity index (χ4v) is 3.61. The number of benzene rings is 2. The van der Waals surface area contributed by atoms with Gasteiger partial charge in [-0.15, -0.1) is 0 Å². The van der Waals surface area contributed by atoms with E-state index in [4.69, 9.17) is 4.74 Å². The number of halogens is 1. The summed E-state index contributed by atoms with van der Waals surface area (Å²) in [6.45, 7) is 0.586. The third-order valence-corrected chi connectivity index (χ3v) is 5.18. The first-order valence-corrected chi connectivity index (χ1v) is 10.0. The lowest BCUT2D eigenvalue weighted by Crippen LogP contribution is -2.58. The highest BCUT2D eigenvalue weighted by molar-refractivity contribution is 5.89. The maximum absolute atomic E-state index is 13.0. The average molecular weight is 419 g/mol. The number of pyridine rings is 1. The Morgan fingerprint density at radius 2 is 1.94 bits per heavy atom. The van der Waals surface area contributed by atoms with Gasteiger partial charge in [0.1, 0.15) is 17.6 Å². The Morgan fingerprint density at radius 3 is 2.71 bits per heavy atom. The van der Waals surface area contributed by atoms with Gasteiger partial charge in [0.2, 0.25) is 5.91 Å². The monoisotopic (exact) mass is 419 g/mol. The third kappa shape index (κ3) is 5.06. The van der Waals surface area contributed by atoms with Crippen molar-refractivity contribution >= 4 is 11.8 Å². The number of piperazine rings is 1. The van der Waals surface area contributed by atoms with Crippen molar-refractivity contribution in [3.63, 3.8) is 0 Å². The highest BCUT2D eigenvalue weighted by Crippen LogP contribution is 2.21. The van der Waals surface area contributed by atoms with Crippen molar-refractivity contribution in [3.05, 3.63) is 84.4 Å². The van der Waals surface area contributed by atoms with Gasteiger partial charge in [0, 0.05) is 31.9 Å². The molecule has 1 N–H and O–H groups in total. The standard InChI is InChI=1S/C24H22FN3O3/c25-20-6-8-21(9-7-20)31-16-23(29)28-12-11-27-24(30)22(28)14-17-3-1-4-18(13-17)19-5-2-10-26-15-19/h1-10,13,15,22H,11-12,14,16H2,(H,27,30)/t22-/m1/s1. The number of carbonyl (C=O) groups is 2. The molecule has 1 aliphatic rings. The lowest BCUT2D eigenvalue weighted by molar-refractivity contribution is -0.144. The second-order valence-electron chi connectivity index (χ2n) is 7.28. The minimum atomic E-state index is -0.623. The molecule has 0 radical (unpaired) electrons. The molecule has 2 amide bonds. The van der Waals surface area contributed by atoms with Crippen LogP contribution in [0.3, 0.4) is 0 Å². The largest absolute Gasteiger partial charge is 0.484 e. The smallest absolute Gasteiger partial charge is 0.261 e. The summed E-state index contributed by atoms with van der Waals surface area (Å²) in [5.74, 6) is -0.447. The van der Waals surface area contributed by atoms with Crippen molar-refractivity contribution in [2.45, 2.75) is 12.5 Å². The Labute approximate surface area is 179 Å². The average Bonchev–Trinajstić information content (AvgIpc) is 2.80. The van der Waals surface area contributed by atoms with Crippen molar-refractivity contribution in [1.29, 1.82) is 0 Å². The van der Waals surface area contributed by atoms with Crippen LogP contribution < -0.4 is 10.1 Å².